The van der Waals surface area contributed by atoms with Gasteiger partial charge in [0, 0.05) is 17.3 Å². The molecular formula is C19H14F2N4O2. The molecule has 1 aromatic heterocycles. The molecule has 2 aromatic carbocycles. The van der Waals surface area contributed by atoms with Crippen LogP contribution >= 0.6 is 0 Å². The molecule has 1 heterocycles. The van der Waals surface area contributed by atoms with Gasteiger partial charge in [0.2, 0.25) is 0 Å². The first-order chi connectivity index (χ1) is 12.9. The zero-order valence-corrected chi connectivity index (χ0v) is 14.2. The number of anilines is 3. The molecule has 0 aliphatic rings. The predicted molar refractivity (Wildman–Crippen MR) is 96.1 cm³/mol. The molecule has 3 rings (SSSR count). The molecule has 0 aliphatic carbocycles. The minimum Gasteiger partial charge on any atom is -0.336 e. The Kier molecular flexibility index (Phi) is 5.16. The van der Waals surface area contributed by atoms with Gasteiger partial charge in [-0.05, 0) is 55.5 Å². The Morgan fingerprint density at radius 2 is 1.67 bits per heavy atom. The van der Waals surface area contributed by atoms with Gasteiger partial charge in [-0.25, -0.2) is 8.78 Å². The van der Waals surface area contributed by atoms with E-state index in [1.54, 1.807) is 24.3 Å². The van der Waals surface area contributed by atoms with E-state index in [1.165, 1.54) is 25.1 Å². The normalized spacial score (nSPS) is 10.3. The summed E-state index contributed by atoms with van der Waals surface area (Å²) in [5.41, 5.74) is 1.13. The molecule has 0 saturated carbocycles. The highest BCUT2D eigenvalue weighted by atomic mass is 19.1. The van der Waals surface area contributed by atoms with Gasteiger partial charge in [0.1, 0.15) is 11.6 Å². The third-order valence-electron chi connectivity index (χ3n) is 3.64. The van der Waals surface area contributed by atoms with E-state index in [1.807, 2.05) is 0 Å². The van der Waals surface area contributed by atoms with Crippen molar-refractivity contribution in [3.8, 4) is 0 Å². The fourth-order valence-corrected chi connectivity index (χ4v) is 2.23. The Labute approximate surface area is 153 Å². The number of Topliss-reactive ketones (excluding diaryl/α,β-unsaturated/α-hetero) is 1. The third kappa shape index (κ3) is 4.49. The van der Waals surface area contributed by atoms with E-state index in [9.17, 15) is 18.4 Å². The second kappa shape index (κ2) is 7.69. The number of amides is 1. The molecule has 27 heavy (non-hydrogen) atoms. The average molecular weight is 368 g/mol. The lowest BCUT2D eigenvalue weighted by Crippen LogP contribution is -2.14. The molecular weight excluding hydrogens is 354 g/mol. The Hall–Kier alpha value is -3.68. The largest absolute Gasteiger partial charge is 0.336 e. The summed E-state index contributed by atoms with van der Waals surface area (Å²) >= 11 is 0. The summed E-state index contributed by atoms with van der Waals surface area (Å²) in [4.78, 5) is 23.4. The minimum absolute atomic E-state index is 0.0356. The second-order valence-electron chi connectivity index (χ2n) is 5.64. The van der Waals surface area contributed by atoms with Crippen LogP contribution in [-0.2, 0) is 0 Å². The summed E-state index contributed by atoms with van der Waals surface area (Å²) in [5, 5.41) is 12.9. The molecule has 3 aromatic rings. The number of hydrogen-bond acceptors (Lipinski definition) is 5. The van der Waals surface area contributed by atoms with E-state index < -0.39 is 17.5 Å². The maximum absolute atomic E-state index is 13.6. The molecule has 8 heteroatoms. The van der Waals surface area contributed by atoms with Crippen molar-refractivity contribution < 1.29 is 18.4 Å². The Morgan fingerprint density at radius 3 is 2.26 bits per heavy atom. The van der Waals surface area contributed by atoms with Gasteiger partial charge in [-0.15, -0.1) is 10.2 Å². The third-order valence-corrected chi connectivity index (χ3v) is 3.64. The SMILES string of the molecule is CC(=O)c1ccc(NC(=O)c2ccc(Nc3ccc(F)cc3F)nn2)cc1. The topological polar surface area (TPSA) is 84.0 Å². The van der Waals surface area contributed by atoms with Crippen molar-refractivity contribution in [1.82, 2.24) is 10.2 Å². The van der Waals surface area contributed by atoms with Crippen LogP contribution < -0.4 is 10.6 Å². The first-order valence-corrected chi connectivity index (χ1v) is 7.90. The maximum atomic E-state index is 13.6. The summed E-state index contributed by atoms with van der Waals surface area (Å²) in [6, 6.07) is 12.4. The van der Waals surface area contributed by atoms with E-state index in [4.69, 9.17) is 0 Å². The lowest BCUT2D eigenvalue weighted by molar-refractivity contribution is 0.101. The summed E-state index contributed by atoms with van der Waals surface area (Å²) in [6.07, 6.45) is 0. The van der Waals surface area contributed by atoms with Gasteiger partial charge in [0.25, 0.3) is 5.91 Å². The van der Waals surface area contributed by atoms with Gasteiger partial charge in [0.15, 0.2) is 17.3 Å². The second-order valence-corrected chi connectivity index (χ2v) is 5.64. The molecule has 1 amide bonds. The van der Waals surface area contributed by atoms with Gasteiger partial charge in [0.05, 0.1) is 5.69 Å². The van der Waals surface area contributed by atoms with Crippen molar-refractivity contribution in [1.29, 1.82) is 0 Å². The van der Waals surface area contributed by atoms with Gasteiger partial charge < -0.3 is 10.6 Å². The first kappa shape index (κ1) is 18.1. The zero-order valence-electron chi connectivity index (χ0n) is 14.2. The monoisotopic (exact) mass is 368 g/mol. The number of nitrogens with zero attached hydrogens (tertiary/aromatic N) is 2. The predicted octanol–water partition coefficient (Wildman–Crippen LogP) is 3.95. The summed E-state index contributed by atoms with van der Waals surface area (Å²) in [5.74, 6) is -1.82. The molecule has 0 radical (unpaired) electrons. The highest BCUT2D eigenvalue weighted by molar-refractivity contribution is 6.03. The van der Waals surface area contributed by atoms with Crippen molar-refractivity contribution in [3.63, 3.8) is 0 Å². The number of hydrogen-bond donors (Lipinski definition) is 2. The van der Waals surface area contributed by atoms with Crippen molar-refractivity contribution in [3.05, 3.63) is 77.5 Å². The smallest absolute Gasteiger partial charge is 0.276 e. The van der Waals surface area contributed by atoms with Crippen LogP contribution in [0.25, 0.3) is 0 Å². The molecule has 0 aliphatic heterocycles. The lowest BCUT2D eigenvalue weighted by Gasteiger charge is -2.07. The quantitative estimate of drug-likeness (QED) is 0.666. The van der Waals surface area contributed by atoms with Gasteiger partial charge in [-0.3, -0.25) is 9.59 Å². The highest BCUT2D eigenvalue weighted by Crippen LogP contribution is 2.19. The maximum Gasteiger partial charge on any atom is 0.276 e. The fraction of sp³-hybridized carbons (Fsp3) is 0.0526. The number of nitrogens with one attached hydrogen (secondary N) is 2. The molecule has 0 fully saturated rings. The molecule has 0 bridgehead atoms. The molecule has 136 valence electrons. The summed E-state index contributed by atoms with van der Waals surface area (Å²) in [7, 11) is 0. The van der Waals surface area contributed by atoms with Crippen molar-refractivity contribution in [2.24, 2.45) is 0 Å². The molecule has 0 spiro atoms. The number of halogens is 2. The van der Waals surface area contributed by atoms with Crippen LogP contribution in [0.5, 0.6) is 0 Å². The summed E-state index contributed by atoms with van der Waals surface area (Å²) < 4.78 is 26.5. The number of aromatic nitrogens is 2. The van der Waals surface area contributed by atoms with Crippen molar-refractivity contribution >= 4 is 28.9 Å². The number of rotatable bonds is 5. The molecule has 2 N–H and O–H groups in total. The Balaban J connectivity index is 1.67. The highest BCUT2D eigenvalue weighted by Gasteiger charge is 2.10. The van der Waals surface area contributed by atoms with Gasteiger partial charge >= 0.3 is 0 Å². The first-order valence-electron chi connectivity index (χ1n) is 7.90. The number of ketones is 1. The zero-order chi connectivity index (χ0) is 19.4. The van der Waals surface area contributed by atoms with Crippen LogP contribution in [0, 0.1) is 11.6 Å². The van der Waals surface area contributed by atoms with E-state index in [0.717, 1.165) is 12.1 Å². The summed E-state index contributed by atoms with van der Waals surface area (Å²) in [6.45, 7) is 1.45. The van der Waals surface area contributed by atoms with Gasteiger partial charge in [-0.1, -0.05) is 0 Å². The van der Waals surface area contributed by atoms with Crippen molar-refractivity contribution in [2.45, 2.75) is 6.92 Å². The lowest BCUT2D eigenvalue weighted by atomic mass is 10.1. The van der Waals surface area contributed by atoms with E-state index in [-0.39, 0.29) is 23.0 Å². The van der Waals surface area contributed by atoms with E-state index in [2.05, 4.69) is 20.8 Å². The van der Waals surface area contributed by atoms with Crippen LogP contribution in [0.4, 0.5) is 26.0 Å². The molecule has 0 atom stereocenters. The van der Waals surface area contributed by atoms with Crippen LogP contribution in [-0.4, -0.2) is 21.9 Å². The minimum atomic E-state index is -0.771. The van der Waals surface area contributed by atoms with Gasteiger partial charge in [-0.2, -0.15) is 0 Å². The van der Waals surface area contributed by atoms with E-state index >= 15 is 0 Å². The fourth-order valence-electron chi connectivity index (χ4n) is 2.23. The Bertz CT molecular complexity index is 990. The Morgan fingerprint density at radius 1 is 0.926 bits per heavy atom. The van der Waals surface area contributed by atoms with E-state index in [0.29, 0.717) is 11.3 Å². The number of carbonyl (C=O) groups is 2. The molecule has 0 saturated heterocycles. The molecule has 6 nitrogen and oxygen atoms in total. The van der Waals surface area contributed by atoms with Crippen LogP contribution in [0.3, 0.4) is 0 Å². The standard InChI is InChI=1S/C19H14F2N4O2/c1-11(26)12-2-5-14(6-3-12)22-19(27)17-8-9-18(25-24-17)23-16-7-4-13(20)10-15(16)21/h2-10H,1H3,(H,22,27)(H,23,25). The van der Waals surface area contributed by atoms with Crippen LogP contribution in [0.15, 0.2) is 54.6 Å². The average Bonchev–Trinajstić information content (AvgIpc) is 2.65. The van der Waals surface area contributed by atoms with Crippen molar-refractivity contribution in [2.75, 3.05) is 10.6 Å². The molecule has 0 unspecified atom stereocenters. The van der Waals surface area contributed by atoms with Crippen LogP contribution in [0.1, 0.15) is 27.8 Å². The van der Waals surface area contributed by atoms with Crippen LogP contribution in [0.2, 0.25) is 0 Å². The number of benzene rings is 2. The number of carbonyl (C=O) groups excluding carboxylic acids is 2.